The molecule has 0 aromatic carbocycles. The van der Waals surface area contributed by atoms with Gasteiger partial charge in [0, 0.05) is 43.8 Å². The zero-order valence-electron chi connectivity index (χ0n) is 15.0. The van der Waals surface area contributed by atoms with Crippen molar-refractivity contribution in [2.45, 2.75) is 32.2 Å². The van der Waals surface area contributed by atoms with Crippen LogP contribution in [-0.2, 0) is 10.3 Å². The van der Waals surface area contributed by atoms with Crippen LogP contribution in [0.3, 0.4) is 0 Å². The molecule has 1 aliphatic rings. The van der Waals surface area contributed by atoms with Crippen molar-refractivity contribution in [2.24, 2.45) is 0 Å². The van der Waals surface area contributed by atoms with Gasteiger partial charge in [0.05, 0.1) is 0 Å². The third-order valence-electron chi connectivity index (χ3n) is 4.94. The van der Waals surface area contributed by atoms with Gasteiger partial charge in [-0.25, -0.2) is 14.8 Å². The Morgan fingerprint density at radius 3 is 2.58 bits per heavy atom. The number of nitrogens with zero attached hydrogens (tertiary/aromatic N) is 4. The van der Waals surface area contributed by atoms with Crippen molar-refractivity contribution in [2.75, 3.05) is 24.5 Å². The summed E-state index contributed by atoms with van der Waals surface area (Å²) in [5.41, 5.74) is -0.439. The van der Waals surface area contributed by atoms with E-state index < -0.39 is 11.5 Å². The Bertz CT molecular complexity index is 809. The summed E-state index contributed by atoms with van der Waals surface area (Å²) >= 11 is 0. The van der Waals surface area contributed by atoms with Gasteiger partial charge in [0.2, 0.25) is 0 Å². The highest BCUT2D eigenvalue weighted by atomic mass is 16.4. The molecule has 0 spiro atoms. The van der Waals surface area contributed by atoms with E-state index in [1.54, 1.807) is 35.3 Å². The minimum atomic E-state index is -0.992. The van der Waals surface area contributed by atoms with Gasteiger partial charge in [0.15, 0.2) is 0 Å². The van der Waals surface area contributed by atoms with Gasteiger partial charge < -0.3 is 19.9 Å². The summed E-state index contributed by atoms with van der Waals surface area (Å²) in [7, 11) is 0. The first-order valence-electron chi connectivity index (χ1n) is 8.71. The van der Waals surface area contributed by atoms with E-state index in [2.05, 4.69) is 15.3 Å². The molecule has 8 nitrogen and oxygen atoms in total. The molecule has 0 saturated carbocycles. The number of anilines is 1. The van der Waals surface area contributed by atoms with Gasteiger partial charge >= 0.3 is 5.97 Å². The summed E-state index contributed by atoms with van der Waals surface area (Å²) < 4.78 is 1.76. The lowest BCUT2D eigenvalue weighted by atomic mass is 9.87. The van der Waals surface area contributed by atoms with Crippen molar-refractivity contribution in [3.63, 3.8) is 0 Å². The van der Waals surface area contributed by atoms with Gasteiger partial charge in [0.25, 0.3) is 5.91 Å². The average molecular weight is 357 g/mol. The number of nitrogens with one attached hydrogen (secondary N) is 1. The van der Waals surface area contributed by atoms with Gasteiger partial charge in [-0.2, -0.15) is 0 Å². The summed E-state index contributed by atoms with van der Waals surface area (Å²) in [5.74, 6) is 0.400. The monoisotopic (exact) mass is 357 g/mol. The zero-order valence-corrected chi connectivity index (χ0v) is 15.0. The van der Waals surface area contributed by atoms with E-state index in [4.69, 9.17) is 0 Å². The van der Waals surface area contributed by atoms with Crippen LogP contribution in [0.15, 0.2) is 30.7 Å². The Kier molecular flexibility index (Phi) is 4.92. The molecule has 3 heterocycles. The summed E-state index contributed by atoms with van der Waals surface area (Å²) in [4.78, 5) is 34.6. The maximum Gasteiger partial charge on any atom is 0.330 e. The lowest BCUT2D eigenvalue weighted by Crippen LogP contribution is -2.51. The minimum Gasteiger partial charge on any atom is -0.479 e. The van der Waals surface area contributed by atoms with Crippen molar-refractivity contribution in [1.29, 1.82) is 0 Å². The fourth-order valence-electron chi connectivity index (χ4n) is 3.49. The van der Waals surface area contributed by atoms with E-state index in [0.29, 0.717) is 49.7 Å². The molecule has 0 radical (unpaired) electrons. The molecule has 138 valence electrons. The number of carboxylic acid groups (broad SMARTS) is 1. The van der Waals surface area contributed by atoms with Gasteiger partial charge in [-0.1, -0.05) is 0 Å². The lowest BCUT2D eigenvalue weighted by molar-refractivity contribution is -0.149. The Labute approximate surface area is 151 Å². The molecule has 2 aromatic rings. The van der Waals surface area contributed by atoms with E-state index in [1.165, 1.54) is 0 Å². The van der Waals surface area contributed by atoms with Crippen LogP contribution >= 0.6 is 0 Å². The molecule has 1 fully saturated rings. The number of aromatic nitrogens is 3. The number of piperidine rings is 1. The Morgan fingerprint density at radius 2 is 2.00 bits per heavy atom. The molecule has 3 rings (SSSR count). The van der Waals surface area contributed by atoms with Crippen LogP contribution < -0.4 is 10.2 Å². The highest BCUT2D eigenvalue weighted by molar-refractivity contribution is 5.94. The van der Waals surface area contributed by atoms with Crippen molar-refractivity contribution < 1.29 is 14.7 Å². The quantitative estimate of drug-likeness (QED) is 0.839. The first-order chi connectivity index (χ1) is 12.5. The van der Waals surface area contributed by atoms with Crippen molar-refractivity contribution in [3.8, 4) is 0 Å². The number of carbonyl (C=O) groups is 2. The summed E-state index contributed by atoms with van der Waals surface area (Å²) in [6.07, 6.45) is 5.84. The second-order valence-electron chi connectivity index (χ2n) is 6.43. The zero-order chi connectivity index (χ0) is 18.7. The van der Waals surface area contributed by atoms with E-state index >= 15 is 0 Å². The molecular formula is C18H23N5O3. The summed E-state index contributed by atoms with van der Waals surface area (Å²) in [6.45, 7) is 5.32. The number of carbonyl (C=O) groups excluding carboxylic acids is 1. The standard InChI is InChI=1S/C18H23N5O3/c1-3-19-16(24)14-4-7-21-15(12-14)22-9-5-18(6-10-22,17(25)26)23-11-8-20-13(23)2/h4,7-8,11-12H,3,5-6,9-10H2,1-2H3,(H,19,24)(H,25,26). The summed E-state index contributed by atoms with van der Waals surface area (Å²) in [6, 6.07) is 3.43. The van der Waals surface area contributed by atoms with E-state index in [0.717, 1.165) is 0 Å². The summed E-state index contributed by atoms with van der Waals surface area (Å²) in [5, 5.41) is 12.7. The van der Waals surface area contributed by atoms with Crippen LogP contribution in [0.25, 0.3) is 0 Å². The predicted octanol–water partition coefficient (Wildman–Crippen LogP) is 1.42. The largest absolute Gasteiger partial charge is 0.479 e. The van der Waals surface area contributed by atoms with Crippen molar-refractivity contribution in [3.05, 3.63) is 42.1 Å². The van der Waals surface area contributed by atoms with Crippen LogP contribution in [0.4, 0.5) is 5.82 Å². The number of carboxylic acids is 1. The maximum absolute atomic E-state index is 12.0. The Balaban J connectivity index is 1.80. The third kappa shape index (κ3) is 3.14. The number of hydrogen-bond donors (Lipinski definition) is 2. The fourth-order valence-corrected chi connectivity index (χ4v) is 3.49. The molecule has 2 N–H and O–H groups in total. The molecule has 1 aliphatic heterocycles. The lowest BCUT2D eigenvalue weighted by Gasteiger charge is -2.40. The molecule has 0 bridgehead atoms. The van der Waals surface area contributed by atoms with Gasteiger partial charge in [-0.15, -0.1) is 0 Å². The molecule has 8 heteroatoms. The van der Waals surface area contributed by atoms with Gasteiger partial charge in [-0.05, 0) is 38.8 Å². The van der Waals surface area contributed by atoms with Crippen LogP contribution in [0.1, 0.15) is 35.9 Å². The molecule has 1 saturated heterocycles. The second-order valence-corrected chi connectivity index (χ2v) is 6.43. The molecule has 0 unspecified atom stereocenters. The molecule has 1 amide bonds. The van der Waals surface area contributed by atoms with Gasteiger partial charge in [-0.3, -0.25) is 4.79 Å². The predicted molar refractivity (Wildman–Crippen MR) is 96.3 cm³/mol. The minimum absolute atomic E-state index is 0.137. The van der Waals surface area contributed by atoms with Crippen molar-refractivity contribution >= 4 is 17.7 Å². The smallest absolute Gasteiger partial charge is 0.330 e. The number of pyridine rings is 1. The van der Waals surface area contributed by atoms with E-state index in [9.17, 15) is 14.7 Å². The van der Waals surface area contributed by atoms with Crippen molar-refractivity contribution in [1.82, 2.24) is 19.9 Å². The third-order valence-corrected chi connectivity index (χ3v) is 4.94. The van der Waals surface area contributed by atoms with Gasteiger partial charge in [0.1, 0.15) is 17.2 Å². The first-order valence-corrected chi connectivity index (χ1v) is 8.71. The number of aliphatic carboxylic acids is 1. The normalized spacial score (nSPS) is 16.3. The second kappa shape index (κ2) is 7.15. The molecule has 2 aromatic heterocycles. The van der Waals surface area contributed by atoms with Crippen LogP contribution in [-0.4, -0.2) is 51.2 Å². The maximum atomic E-state index is 12.0. The fraction of sp³-hybridized carbons (Fsp3) is 0.444. The number of amides is 1. The molecule has 0 aliphatic carbocycles. The SMILES string of the molecule is CCNC(=O)c1ccnc(N2CCC(C(=O)O)(n3ccnc3C)CC2)c1. The number of hydrogen-bond acceptors (Lipinski definition) is 5. The van der Waals surface area contributed by atoms with Crippen LogP contribution in [0.2, 0.25) is 0 Å². The highest BCUT2D eigenvalue weighted by Gasteiger charge is 2.44. The molecular weight excluding hydrogens is 334 g/mol. The van der Waals surface area contributed by atoms with Crippen LogP contribution in [0, 0.1) is 6.92 Å². The molecule has 0 atom stereocenters. The number of imidazole rings is 1. The first kappa shape index (κ1) is 17.9. The highest BCUT2D eigenvalue weighted by Crippen LogP contribution is 2.33. The number of rotatable bonds is 5. The van der Waals surface area contributed by atoms with Crippen LogP contribution in [0.5, 0.6) is 0 Å². The number of aryl methyl sites for hydroxylation is 1. The topological polar surface area (TPSA) is 100 Å². The van der Waals surface area contributed by atoms with E-state index in [1.807, 2.05) is 18.7 Å². The average Bonchev–Trinajstić information content (AvgIpc) is 3.08. The molecule has 26 heavy (non-hydrogen) atoms. The Hall–Kier alpha value is -2.90. The Morgan fingerprint density at radius 1 is 1.27 bits per heavy atom. The van der Waals surface area contributed by atoms with E-state index in [-0.39, 0.29) is 5.91 Å².